The van der Waals surface area contributed by atoms with Crippen molar-refractivity contribution in [3.63, 3.8) is 0 Å². The number of rotatable bonds is 13. The van der Waals surface area contributed by atoms with Crippen molar-refractivity contribution in [2.24, 2.45) is 0 Å². The SMILES string of the molecule is CC(C)(C)c1ccnc(-c2[c-]ccc(-c3ccccc3)c2)c1.CC(C)(C)c1ccnc(-c2[c-]ccc(-c3ccccc3)c2)c1.CC(C)(C)c1ccnc(-c2[c-]ccc(-c3ccccc3)c2)c1.CC(C)c1ccc(-c2[c-]cccc2)nc1.CCCc1ccc(-c2[c-]cccc2)nc1.CCc1ccc(-c2[c-]cccc2)nc1.[Ir].[Ir].[Ir]. The van der Waals surface area contributed by atoms with Gasteiger partial charge in [-0.15, -0.1) is 214 Å². The van der Waals surface area contributed by atoms with Gasteiger partial charge in [0.2, 0.25) is 0 Å². The van der Waals surface area contributed by atoms with Gasteiger partial charge in [0.25, 0.3) is 0 Å². The molecule has 0 saturated heterocycles. The fraction of sp³-hybridized carbons (Fsp3) is 0.192. The van der Waals surface area contributed by atoms with Crippen LogP contribution in [0.2, 0.25) is 0 Å². The topological polar surface area (TPSA) is 77.3 Å². The summed E-state index contributed by atoms with van der Waals surface area (Å²) >= 11 is 0. The molecule has 0 amide bonds. The van der Waals surface area contributed by atoms with Gasteiger partial charge in [-0.1, -0.05) is 242 Å². The number of hydrogen-bond donors (Lipinski definition) is 0. The van der Waals surface area contributed by atoms with E-state index in [-0.39, 0.29) is 76.6 Å². The number of hydrogen-bond acceptors (Lipinski definition) is 6. The van der Waals surface area contributed by atoms with Crippen LogP contribution in [0.25, 0.3) is 101 Å². The van der Waals surface area contributed by atoms with Gasteiger partial charge in [-0.3, -0.25) is 0 Å². The molecule has 0 bridgehead atoms. The van der Waals surface area contributed by atoms with E-state index in [1.807, 2.05) is 152 Å². The van der Waals surface area contributed by atoms with Gasteiger partial charge in [0.15, 0.2) is 0 Å². The molecule has 0 atom stereocenters. The molecule has 3 radical (unpaired) electrons. The molecule has 0 fully saturated rings. The van der Waals surface area contributed by atoms with Crippen molar-refractivity contribution in [3.8, 4) is 101 Å². The third-order valence-corrected chi connectivity index (χ3v) is 18.4. The van der Waals surface area contributed by atoms with Crippen LogP contribution in [0.3, 0.4) is 0 Å². The number of pyridine rings is 6. The molecule has 6 aromatic heterocycles. The molecule has 0 aliphatic heterocycles. The number of nitrogens with zero attached hydrogens (tertiary/aromatic N) is 6. The number of aromatic nitrogens is 6. The van der Waals surface area contributed by atoms with E-state index in [2.05, 4.69) is 332 Å². The summed E-state index contributed by atoms with van der Waals surface area (Å²) in [4.78, 5) is 26.8. The third-order valence-electron chi connectivity index (χ3n) is 18.4. The molecule has 0 aliphatic carbocycles. The quantitative estimate of drug-likeness (QED) is 0.107. The average Bonchev–Trinajstić information content (AvgIpc) is 0.824. The average molecular weight is 2010 g/mol. The molecule has 0 N–H and O–H groups in total. The van der Waals surface area contributed by atoms with Crippen molar-refractivity contribution < 1.29 is 60.3 Å². The van der Waals surface area contributed by atoms with E-state index in [9.17, 15) is 0 Å². The van der Waals surface area contributed by atoms with Gasteiger partial charge < -0.3 is 29.9 Å². The zero-order chi connectivity index (χ0) is 77.7. The van der Waals surface area contributed by atoms with Crippen molar-refractivity contribution in [3.05, 3.63) is 398 Å². The summed E-state index contributed by atoms with van der Waals surface area (Å²) in [5.74, 6) is 0.534. The summed E-state index contributed by atoms with van der Waals surface area (Å²) in [6.45, 7) is 28.6. The van der Waals surface area contributed by atoms with Crippen LogP contribution in [0.1, 0.15) is 136 Å². The first-order chi connectivity index (χ1) is 53.2. The number of benzene rings is 9. The maximum absolute atomic E-state index is 4.53. The van der Waals surface area contributed by atoms with Crippen molar-refractivity contribution >= 4 is 0 Å². The van der Waals surface area contributed by atoms with Gasteiger partial charge in [0, 0.05) is 97.5 Å². The Morgan fingerprint density at radius 3 is 0.850 bits per heavy atom. The molecule has 0 unspecified atom stereocenters. The van der Waals surface area contributed by atoms with E-state index in [4.69, 9.17) is 0 Å². The summed E-state index contributed by atoms with van der Waals surface area (Å²) in [6, 6.07) is 118. The van der Waals surface area contributed by atoms with Gasteiger partial charge >= 0.3 is 0 Å². The zero-order valence-electron chi connectivity index (χ0n) is 67.1. The normalized spacial score (nSPS) is 10.7. The fourth-order valence-electron chi connectivity index (χ4n) is 11.8. The van der Waals surface area contributed by atoms with Gasteiger partial charge in [-0.05, 0) is 137 Å². The first-order valence-electron chi connectivity index (χ1n) is 38.1. The monoisotopic (exact) mass is 2010 g/mol. The molecular formula is C104H100Ir3N6-6. The third kappa shape index (κ3) is 27.9. The van der Waals surface area contributed by atoms with Gasteiger partial charge in [0.1, 0.15) is 0 Å². The second kappa shape index (κ2) is 44.9. The summed E-state index contributed by atoms with van der Waals surface area (Å²) < 4.78 is 0. The van der Waals surface area contributed by atoms with Crippen molar-refractivity contribution in [2.45, 2.75) is 131 Å². The minimum atomic E-state index is 0. The molecule has 0 spiro atoms. The van der Waals surface area contributed by atoms with E-state index in [0.717, 1.165) is 80.4 Å². The van der Waals surface area contributed by atoms with E-state index in [1.165, 1.54) is 73.2 Å². The second-order valence-electron chi connectivity index (χ2n) is 30.3. The van der Waals surface area contributed by atoms with E-state index in [1.54, 1.807) is 0 Å². The van der Waals surface area contributed by atoms with E-state index < -0.39 is 0 Å². The summed E-state index contributed by atoms with van der Waals surface area (Å²) in [7, 11) is 0. The summed E-state index contributed by atoms with van der Waals surface area (Å²) in [5, 5.41) is 0. The van der Waals surface area contributed by atoms with Crippen molar-refractivity contribution in [1.82, 2.24) is 29.9 Å². The van der Waals surface area contributed by atoms with Gasteiger partial charge in [-0.2, -0.15) is 0 Å². The Morgan fingerprint density at radius 1 is 0.274 bits per heavy atom. The van der Waals surface area contributed by atoms with Crippen LogP contribution in [0.5, 0.6) is 0 Å². The molecule has 0 saturated carbocycles. The minimum Gasteiger partial charge on any atom is -0.305 e. The maximum atomic E-state index is 4.53. The van der Waals surface area contributed by atoms with Crippen LogP contribution in [0, 0.1) is 36.4 Å². The maximum Gasteiger partial charge on any atom is 0.0195 e. The molecule has 6 nitrogen and oxygen atoms in total. The Hall–Kier alpha value is -10.2. The van der Waals surface area contributed by atoms with Crippen LogP contribution in [0.4, 0.5) is 0 Å². The predicted octanol–water partition coefficient (Wildman–Crippen LogP) is 26.8. The zero-order valence-corrected chi connectivity index (χ0v) is 74.2. The van der Waals surface area contributed by atoms with Crippen LogP contribution in [-0.2, 0) is 89.4 Å². The first kappa shape index (κ1) is 90.0. The second-order valence-corrected chi connectivity index (χ2v) is 30.3. The summed E-state index contributed by atoms with van der Waals surface area (Å²) in [6.07, 6.45) is 14.8. The predicted molar refractivity (Wildman–Crippen MR) is 461 cm³/mol. The molecule has 9 heteroatoms. The standard InChI is InChI=1S/3C21H20N.2C14H14N.C13H12N.3Ir/c3*1-21(2,3)19-12-13-22-20(15-19)18-11-7-10-17(14-18)16-8-5-4-6-9-16;1-11(2)13-8-9-14(15-10-13)12-6-4-3-5-7-12;1-2-6-12-9-10-14(15-11-12)13-7-4-3-5-8-13;1-2-11-8-9-13(14-10-11)12-6-4-3-5-7-12;;;/h3*4-10,12-15H,1-3H3;3-6,8-11H,1-2H3;3-5,7,9-11H,2,6H2,1H3;3-6,8-10H,2H2,1H3;;;/q6*-1;;;. The Kier molecular flexibility index (Phi) is 35.8. The van der Waals surface area contributed by atoms with Crippen LogP contribution in [-0.4, -0.2) is 29.9 Å². The molecule has 15 aromatic rings. The van der Waals surface area contributed by atoms with E-state index in [0.29, 0.717) is 5.92 Å². The van der Waals surface area contributed by atoms with Crippen LogP contribution in [0.15, 0.2) is 328 Å². The smallest absolute Gasteiger partial charge is 0.0195 e. The minimum absolute atomic E-state index is 0. The molecular weight excluding hydrogens is 1910 g/mol. The summed E-state index contributed by atoms with van der Waals surface area (Å²) in [5.41, 5.74) is 27.4. The fourth-order valence-corrected chi connectivity index (χ4v) is 11.8. The molecule has 579 valence electrons. The Balaban J connectivity index is 0.000000189. The number of aryl methyl sites for hydroxylation is 2. The van der Waals surface area contributed by atoms with Crippen LogP contribution < -0.4 is 0 Å². The van der Waals surface area contributed by atoms with Gasteiger partial charge in [-0.25, -0.2) is 0 Å². The van der Waals surface area contributed by atoms with Gasteiger partial charge in [0.05, 0.1) is 0 Å². The Morgan fingerprint density at radius 2 is 0.584 bits per heavy atom. The van der Waals surface area contributed by atoms with Crippen LogP contribution >= 0.6 is 0 Å². The molecule has 9 aromatic carbocycles. The van der Waals surface area contributed by atoms with E-state index >= 15 is 0 Å². The molecule has 113 heavy (non-hydrogen) atoms. The van der Waals surface area contributed by atoms with Crippen molar-refractivity contribution in [1.29, 1.82) is 0 Å². The molecule has 6 heterocycles. The first-order valence-corrected chi connectivity index (χ1v) is 38.1. The molecule has 15 rings (SSSR count). The Bertz CT molecular complexity index is 4900. The Labute approximate surface area is 714 Å². The van der Waals surface area contributed by atoms with Crippen molar-refractivity contribution in [2.75, 3.05) is 0 Å². The molecule has 0 aliphatic rings. The largest absolute Gasteiger partial charge is 0.305 e.